The zero-order valence-corrected chi connectivity index (χ0v) is 16.9. The minimum Gasteiger partial charge on any atom is -0.507 e. The van der Waals surface area contributed by atoms with Gasteiger partial charge in [-0.1, -0.05) is 30.3 Å². The van der Waals surface area contributed by atoms with Crippen molar-refractivity contribution in [1.29, 1.82) is 0 Å². The summed E-state index contributed by atoms with van der Waals surface area (Å²) in [5, 5.41) is 11.0. The molecule has 4 rings (SSSR count). The Balaban J connectivity index is 1.76. The number of aliphatic hydroxyl groups excluding tert-OH is 1. The Hall–Kier alpha value is -3.12. The third-order valence-corrected chi connectivity index (χ3v) is 5.52. The third kappa shape index (κ3) is 3.83. The first kappa shape index (κ1) is 20.2. The summed E-state index contributed by atoms with van der Waals surface area (Å²) < 4.78 is 11.1. The van der Waals surface area contributed by atoms with Crippen molar-refractivity contribution in [2.45, 2.75) is 31.9 Å². The van der Waals surface area contributed by atoms with Gasteiger partial charge in [-0.3, -0.25) is 9.59 Å². The molecule has 0 aromatic heterocycles. The van der Waals surface area contributed by atoms with Crippen LogP contribution in [0.15, 0.2) is 60.2 Å². The molecular weight excluding hydrogens is 382 g/mol. The maximum Gasteiger partial charge on any atom is 0.295 e. The van der Waals surface area contributed by atoms with E-state index in [1.165, 1.54) is 4.90 Å². The first-order valence-corrected chi connectivity index (χ1v) is 10.3. The van der Waals surface area contributed by atoms with E-state index < -0.39 is 17.7 Å². The van der Waals surface area contributed by atoms with Gasteiger partial charge in [0, 0.05) is 18.7 Å². The number of amides is 1. The predicted octanol–water partition coefficient (Wildman–Crippen LogP) is 3.69. The molecule has 0 spiro atoms. The van der Waals surface area contributed by atoms with Crippen molar-refractivity contribution in [2.24, 2.45) is 0 Å². The summed E-state index contributed by atoms with van der Waals surface area (Å²) in [7, 11) is 0. The molecule has 2 unspecified atom stereocenters. The van der Waals surface area contributed by atoms with E-state index in [1.807, 2.05) is 37.3 Å². The Bertz CT molecular complexity index is 945. The first-order valence-electron chi connectivity index (χ1n) is 10.3. The zero-order chi connectivity index (χ0) is 21.1. The molecule has 30 heavy (non-hydrogen) atoms. The molecular formula is C24H25NO5. The molecule has 0 bridgehead atoms. The van der Waals surface area contributed by atoms with Gasteiger partial charge < -0.3 is 19.5 Å². The predicted molar refractivity (Wildman–Crippen MR) is 112 cm³/mol. The molecule has 2 aliphatic heterocycles. The molecule has 2 aliphatic rings. The number of hydrogen-bond acceptors (Lipinski definition) is 5. The molecule has 2 atom stereocenters. The van der Waals surface area contributed by atoms with Crippen molar-refractivity contribution in [3.05, 3.63) is 71.3 Å². The van der Waals surface area contributed by atoms with Crippen LogP contribution in [-0.4, -0.2) is 47.6 Å². The van der Waals surface area contributed by atoms with Crippen LogP contribution in [0.5, 0.6) is 5.75 Å². The van der Waals surface area contributed by atoms with Crippen LogP contribution < -0.4 is 4.74 Å². The van der Waals surface area contributed by atoms with E-state index in [0.29, 0.717) is 31.1 Å². The van der Waals surface area contributed by atoms with Gasteiger partial charge in [0.1, 0.15) is 11.5 Å². The molecule has 6 heteroatoms. The van der Waals surface area contributed by atoms with Gasteiger partial charge in [-0.2, -0.15) is 0 Å². The number of benzene rings is 2. The van der Waals surface area contributed by atoms with Crippen molar-refractivity contribution in [3.8, 4) is 5.75 Å². The fourth-order valence-corrected chi connectivity index (χ4v) is 4.09. The minimum atomic E-state index is -0.673. The van der Waals surface area contributed by atoms with E-state index in [2.05, 4.69) is 0 Å². The van der Waals surface area contributed by atoms with Crippen molar-refractivity contribution in [2.75, 3.05) is 19.8 Å². The molecule has 2 aromatic carbocycles. The molecule has 0 saturated carbocycles. The van der Waals surface area contributed by atoms with Gasteiger partial charge in [0.15, 0.2) is 0 Å². The second-order valence-electron chi connectivity index (χ2n) is 7.45. The second-order valence-corrected chi connectivity index (χ2v) is 7.45. The number of aliphatic hydroxyl groups is 1. The molecule has 6 nitrogen and oxygen atoms in total. The standard InChI is InChI=1S/C24H25NO5/c1-2-29-18-12-10-17(11-13-18)22(26)20-21(16-7-4-3-5-8-16)25(24(28)23(20)27)15-19-9-6-14-30-19/h3-5,7-8,10-13,19,21,26H,2,6,9,14-15H2,1H3/b22-20-. The Morgan fingerprint density at radius 1 is 1.13 bits per heavy atom. The highest BCUT2D eigenvalue weighted by Gasteiger charge is 2.46. The Kier molecular flexibility index (Phi) is 5.86. The van der Waals surface area contributed by atoms with Crippen LogP contribution in [0.3, 0.4) is 0 Å². The van der Waals surface area contributed by atoms with Crippen LogP contribution in [-0.2, 0) is 14.3 Å². The maximum absolute atomic E-state index is 13.0. The van der Waals surface area contributed by atoms with Gasteiger partial charge >= 0.3 is 0 Å². The molecule has 156 valence electrons. The zero-order valence-electron chi connectivity index (χ0n) is 16.9. The number of hydrogen-bond donors (Lipinski definition) is 1. The fraction of sp³-hybridized carbons (Fsp3) is 0.333. The summed E-state index contributed by atoms with van der Waals surface area (Å²) in [4.78, 5) is 27.4. The van der Waals surface area contributed by atoms with Crippen LogP contribution >= 0.6 is 0 Å². The summed E-state index contributed by atoms with van der Waals surface area (Å²) in [6.45, 7) is 3.41. The summed E-state index contributed by atoms with van der Waals surface area (Å²) in [6, 6.07) is 15.5. The normalized spacial score (nSPS) is 23.2. The highest BCUT2D eigenvalue weighted by Crippen LogP contribution is 2.40. The van der Waals surface area contributed by atoms with Gasteiger partial charge in [-0.25, -0.2) is 0 Å². The number of Topliss-reactive ketones (excluding diaryl/α,β-unsaturated/α-hetero) is 1. The number of nitrogens with zero attached hydrogens (tertiary/aromatic N) is 1. The van der Waals surface area contributed by atoms with Crippen LogP contribution in [0.25, 0.3) is 5.76 Å². The lowest BCUT2D eigenvalue weighted by Crippen LogP contribution is -2.36. The minimum absolute atomic E-state index is 0.0973. The van der Waals surface area contributed by atoms with E-state index in [9.17, 15) is 14.7 Å². The lowest BCUT2D eigenvalue weighted by atomic mass is 9.95. The number of carbonyl (C=O) groups excluding carboxylic acids is 2. The molecule has 2 fully saturated rings. The quantitative estimate of drug-likeness (QED) is 0.449. The number of ether oxygens (including phenoxy) is 2. The van der Waals surface area contributed by atoms with Crippen LogP contribution in [0.2, 0.25) is 0 Å². The lowest BCUT2D eigenvalue weighted by Gasteiger charge is -2.27. The van der Waals surface area contributed by atoms with Gasteiger partial charge in [0.25, 0.3) is 11.7 Å². The smallest absolute Gasteiger partial charge is 0.295 e. The van der Waals surface area contributed by atoms with Crippen LogP contribution in [0.1, 0.15) is 36.9 Å². The van der Waals surface area contributed by atoms with Gasteiger partial charge in [-0.05, 0) is 49.6 Å². The summed E-state index contributed by atoms with van der Waals surface area (Å²) in [5.74, 6) is -0.785. The second kappa shape index (κ2) is 8.71. The molecule has 0 radical (unpaired) electrons. The van der Waals surface area contributed by atoms with Gasteiger partial charge in [0.2, 0.25) is 0 Å². The average molecular weight is 407 g/mol. The molecule has 2 heterocycles. The molecule has 2 aromatic rings. The van der Waals surface area contributed by atoms with Crippen molar-refractivity contribution < 1.29 is 24.2 Å². The largest absolute Gasteiger partial charge is 0.507 e. The van der Waals surface area contributed by atoms with Crippen molar-refractivity contribution in [1.82, 2.24) is 4.90 Å². The number of carbonyl (C=O) groups is 2. The average Bonchev–Trinajstić information content (AvgIpc) is 3.37. The van der Waals surface area contributed by atoms with Crippen LogP contribution in [0.4, 0.5) is 0 Å². The highest BCUT2D eigenvalue weighted by atomic mass is 16.5. The van der Waals surface area contributed by atoms with Crippen molar-refractivity contribution >= 4 is 17.4 Å². The van der Waals surface area contributed by atoms with Gasteiger partial charge in [0.05, 0.1) is 24.3 Å². The number of rotatable bonds is 6. The van der Waals surface area contributed by atoms with Crippen molar-refractivity contribution in [3.63, 3.8) is 0 Å². The summed E-state index contributed by atoms with van der Waals surface area (Å²) in [5.41, 5.74) is 1.35. The van der Waals surface area contributed by atoms with E-state index >= 15 is 0 Å². The lowest BCUT2D eigenvalue weighted by molar-refractivity contribution is -0.140. The van der Waals surface area contributed by atoms with E-state index in [-0.39, 0.29) is 17.4 Å². The monoisotopic (exact) mass is 407 g/mol. The Labute approximate surface area is 175 Å². The third-order valence-electron chi connectivity index (χ3n) is 5.52. The molecule has 2 saturated heterocycles. The van der Waals surface area contributed by atoms with E-state index in [0.717, 1.165) is 18.4 Å². The number of likely N-dealkylation sites (tertiary alicyclic amines) is 1. The fourth-order valence-electron chi connectivity index (χ4n) is 4.09. The van der Waals surface area contributed by atoms with E-state index in [1.54, 1.807) is 24.3 Å². The summed E-state index contributed by atoms with van der Waals surface area (Å²) >= 11 is 0. The number of ketones is 1. The Morgan fingerprint density at radius 2 is 1.87 bits per heavy atom. The van der Waals surface area contributed by atoms with Gasteiger partial charge in [-0.15, -0.1) is 0 Å². The first-order chi connectivity index (χ1) is 14.6. The topological polar surface area (TPSA) is 76.1 Å². The summed E-state index contributed by atoms with van der Waals surface area (Å²) in [6.07, 6.45) is 1.69. The molecule has 1 N–H and O–H groups in total. The molecule has 1 amide bonds. The SMILES string of the molecule is CCOc1ccc(/C(O)=C2/C(=O)C(=O)N(CC3CCCO3)C2c2ccccc2)cc1. The Morgan fingerprint density at radius 3 is 2.50 bits per heavy atom. The maximum atomic E-state index is 13.0. The van der Waals surface area contributed by atoms with Crippen LogP contribution in [0, 0.1) is 0 Å². The van der Waals surface area contributed by atoms with E-state index in [4.69, 9.17) is 9.47 Å². The highest BCUT2D eigenvalue weighted by molar-refractivity contribution is 6.46. The molecule has 0 aliphatic carbocycles.